The lowest BCUT2D eigenvalue weighted by Gasteiger charge is -2.12. The van der Waals surface area contributed by atoms with Gasteiger partial charge in [0.25, 0.3) is 0 Å². The van der Waals surface area contributed by atoms with Crippen LogP contribution in [-0.2, 0) is 0 Å². The fraction of sp³-hybridized carbons (Fsp3) is 0. The predicted octanol–water partition coefficient (Wildman–Crippen LogP) is 33.7. The van der Waals surface area contributed by atoms with Crippen molar-refractivity contribution >= 4 is 141 Å². The Hall–Kier alpha value is -17.4. The van der Waals surface area contributed by atoms with Crippen LogP contribution in [0.2, 0.25) is 0 Å². The molecule has 0 aliphatic rings. The maximum Gasteiger partial charge on any atom is 0.167 e. The smallest absolute Gasteiger partial charge is 0.167 e. The molecule has 0 unspecified atom stereocenters. The molecule has 0 saturated carbocycles. The van der Waals surface area contributed by atoms with Gasteiger partial charge in [0.15, 0.2) is 17.5 Å². The molecule has 0 aliphatic heterocycles. The van der Waals surface area contributed by atoms with Crippen LogP contribution < -0.4 is 0 Å². The molecule has 0 radical (unpaired) electrons. The predicted molar refractivity (Wildman–Crippen MR) is 552 cm³/mol. The van der Waals surface area contributed by atoms with E-state index in [1.807, 2.05) is 90.2 Å². The van der Waals surface area contributed by atoms with E-state index in [0.29, 0.717) is 17.5 Å². The van der Waals surface area contributed by atoms with E-state index in [2.05, 4.69) is 408 Å². The molecule has 7 heterocycles. The lowest BCUT2D eigenvalue weighted by atomic mass is 9.92. The summed E-state index contributed by atoms with van der Waals surface area (Å²) in [5.41, 5.74) is 31.1. The molecule has 132 heavy (non-hydrogen) atoms. The molecule has 27 rings (SSSR count). The van der Waals surface area contributed by atoms with Crippen LogP contribution in [0.1, 0.15) is 0 Å². The fourth-order valence-corrected chi connectivity index (χ4v) is 20.7. The number of thiophene rings is 1. The first-order valence-electron chi connectivity index (χ1n) is 44.7. The monoisotopic (exact) mass is 1700 g/mol. The molecule has 0 aliphatic carbocycles. The number of hydrogen-bond acceptors (Lipinski definition) is 6. The van der Waals surface area contributed by atoms with Gasteiger partial charge in [0.1, 0.15) is 22.3 Å². The maximum absolute atomic E-state index is 6.48. The molecular formula is C123H78N6O2S. The molecule has 0 atom stereocenters. The molecule has 0 amide bonds. The largest absolute Gasteiger partial charge is 0.455 e. The first-order chi connectivity index (χ1) is 65.4. The maximum atomic E-state index is 6.48. The Kier molecular flexibility index (Phi) is 19.0. The van der Waals surface area contributed by atoms with Gasteiger partial charge in [-0.2, -0.15) is 0 Å². The van der Waals surface area contributed by atoms with Crippen molar-refractivity contribution in [3.05, 3.63) is 473 Å². The first kappa shape index (κ1) is 77.0. The van der Waals surface area contributed by atoms with Crippen molar-refractivity contribution in [1.82, 2.24) is 28.7 Å². The van der Waals surface area contributed by atoms with E-state index in [1.165, 1.54) is 136 Å². The number of para-hydroxylation sites is 9. The van der Waals surface area contributed by atoms with Crippen molar-refractivity contribution in [2.45, 2.75) is 0 Å². The molecule has 0 saturated heterocycles. The molecule has 0 N–H and O–H groups in total. The Bertz CT molecular complexity index is 8790. The minimum atomic E-state index is 0.574. The van der Waals surface area contributed by atoms with Crippen molar-refractivity contribution in [2.24, 2.45) is 0 Å². The van der Waals surface area contributed by atoms with Crippen LogP contribution in [0.25, 0.3) is 247 Å². The summed E-state index contributed by atoms with van der Waals surface area (Å²) in [5.74, 6) is 1.80. The number of nitrogens with zero attached hydrogens (tertiary/aromatic N) is 6. The normalized spacial score (nSPS) is 11.6. The zero-order valence-electron chi connectivity index (χ0n) is 71.4. The Balaban J connectivity index is 0.000000106. The van der Waals surface area contributed by atoms with Gasteiger partial charge in [-0.1, -0.05) is 322 Å². The average molecular weight is 1700 g/mol. The lowest BCUT2D eigenvalue weighted by Crippen LogP contribution is -2.00. The van der Waals surface area contributed by atoms with Crippen LogP contribution in [0.15, 0.2) is 482 Å². The zero-order valence-corrected chi connectivity index (χ0v) is 72.3. The third kappa shape index (κ3) is 13.7. The summed E-state index contributed by atoms with van der Waals surface area (Å²) in [7, 11) is 0. The highest BCUT2D eigenvalue weighted by atomic mass is 32.1. The van der Waals surface area contributed by atoms with Crippen molar-refractivity contribution < 1.29 is 8.83 Å². The first-order valence-corrected chi connectivity index (χ1v) is 45.5. The summed E-state index contributed by atoms with van der Waals surface area (Å²) in [6.45, 7) is 0. The molecule has 0 bridgehead atoms. The third-order valence-electron chi connectivity index (χ3n) is 25.8. The molecule has 27 aromatic rings. The highest BCUT2D eigenvalue weighted by molar-refractivity contribution is 7.25. The van der Waals surface area contributed by atoms with E-state index in [-0.39, 0.29) is 0 Å². The number of benzene rings is 20. The van der Waals surface area contributed by atoms with E-state index in [4.69, 9.17) is 23.8 Å². The Labute approximate surface area is 764 Å². The van der Waals surface area contributed by atoms with E-state index < -0.39 is 0 Å². The van der Waals surface area contributed by atoms with Crippen LogP contribution in [-0.4, -0.2) is 28.7 Å². The molecule has 20 aromatic carbocycles. The van der Waals surface area contributed by atoms with E-state index in [1.54, 1.807) is 0 Å². The SMILES string of the molecule is c1ccc(-c2cc(-c3ccc4c(c3)c3ccccc3n4-c3ccccc3)cc(-c3cccc4c3oc3ccccc34)c2)cc1.c1ccc(-c2cccc(-n3c4ccccc4c4cc(-c5ccc(-c6ccc7sc8ccccc8c7c6)cc5)ccc43)c2)cc1.c1ccc(-c2nc(-c3ccc4c(c3)c3ccccc3n4-c3ccccc3)nc(-c3cccc4c3oc3ccccc34)n2)cc1. The zero-order chi connectivity index (χ0) is 87.1. The molecule has 618 valence electrons. The van der Waals surface area contributed by atoms with E-state index >= 15 is 0 Å². The van der Waals surface area contributed by atoms with Gasteiger partial charge in [0.05, 0.1) is 38.7 Å². The summed E-state index contributed by atoms with van der Waals surface area (Å²) < 4.78 is 22.6. The number of fused-ring (bicyclic) bond motifs is 18. The lowest BCUT2D eigenvalue weighted by molar-refractivity contribution is 0.669. The molecule has 8 nitrogen and oxygen atoms in total. The van der Waals surface area contributed by atoms with Crippen molar-refractivity contribution in [2.75, 3.05) is 0 Å². The third-order valence-corrected chi connectivity index (χ3v) is 27.0. The van der Waals surface area contributed by atoms with Gasteiger partial charge in [-0.05, 0) is 213 Å². The molecular weight excluding hydrogens is 1630 g/mol. The topological polar surface area (TPSA) is 79.7 Å². The number of aromatic nitrogens is 6. The molecule has 0 fully saturated rings. The van der Waals surface area contributed by atoms with E-state index in [0.717, 1.165) is 93.8 Å². The number of furan rings is 2. The summed E-state index contributed by atoms with van der Waals surface area (Å²) in [6.07, 6.45) is 0. The summed E-state index contributed by atoms with van der Waals surface area (Å²) in [4.78, 5) is 15.1. The fourth-order valence-electron chi connectivity index (χ4n) is 19.6. The Morgan fingerprint density at radius 3 is 1.03 bits per heavy atom. The van der Waals surface area contributed by atoms with Crippen molar-refractivity contribution in [3.8, 4) is 118 Å². The number of rotatable bonds is 12. The van der Waals surface area contributed by atoms with Gasteiger partial charge in [-0.3, -0.25) is 0 Å². The second kappa shape index (κ2) is 32.5. The van der Waals surface area contributed by atoms with Gasteiger partial charge >= 0.3 is 0 Å². The molecule has 7 aromatic heterocycles. The number of hydrogen-bond donors (Lipinski definition) is 0. The Morgan fingerprint density at radius 1 is 0.167 bits per heavy atom. The van der Waals surface area contributed by atoms with Gasteiger partial charge < -0.3 is 22.5 Å². The van der Waals surface area contributed by atoms with Crippen LogP contribution in [0, 0.1) is 0 Å². The summed E-state index contributed by atoms with van der Waals surface area (Å²) in [5, 5.41) is 14.4. The quantitative estimate of drug-likeness (QED) is 0.122. The van der Waals surface area contributed by atoms with Crippen LogP contribution in [0.5, 0.6) is 0 Å². The standard InChI is InChI=1S/C42H27NO.C42H27NS.C39H24N4O/c1-3-12-28(13-4-1)30-24-31(26-32(25-30)34-18-11-19-37-36-17-8-10-21-41(36)44-42(34)37)29-22-23-40-38(27-29)35-16-7-9-20-39(35)43(40)33-14-5-2-6-15-33;1-2-9-28(10-3-1)31-11-8-12-34(25-31)43-39-15-6-4-13-35(39)37-26-32(21-23-40(37)43)29-17-19-30(20-18-29)33-22-24-42-38(27-33)36-14-5-7-16-41(36)44-42;1-3-12-25(13-4-1)37-40-38(42-39(41-37)31-19-11-18-30-29-17-8-10-21-35(29)44-36(30)31)26-22-23-34-32(24-26)28-16-7-9-20-33(28)43(34)27-14-5-2-6-15-27/h2*1-27H;1-24H. The van der Waals surface area contributed by atoms with Crippen molar-refractivity contribution in [1.29, 1.82) is 0 Å². The van der Waals surface area contributed by atoms with Crippen molar-refractivity contribution in [3.63, 3.8) is 0 Å². The van der Waals surface area contributed by atoms with Gasteiger partial charge in [-0.25, -0.2) is 15.0 Å². The molecule has 9 heteroatoms. The molecule has 0 spiro atoms. The minimum Gasteiger partial charge on any atom is -0.455 e. The van der Waals surface area contributed by atoms with Gasteiger partial charge in [-0.15, -0.1) is 11.3 Å². The second-order valence-corrected chi connectivity index (χ2v) is 34.7. The van der Waals surface area contributed by atoms with Crippen LogP contribution in [0.4, 0.5) is 0 Å². The van der Waals surface area contributed by atoms with Crippen LogP contribution >= 0.6 is 11.3 Å². The summed E-state index contributed by atoms with van der Waals surface area (Å²) >= 11 is 1.86. The summed E-state index contributed by atoms with van der Waals surface area (Å²) in [6, 6.07) is 168. The average Bonchev–Trinajstić information content (AvgIpc) is 1.58. The van der Waals surface area contributed by atoms with Gasteiger partial charge in [0, 0.05) is 108 Å². The van der Waals surface area contributed by atoms with E-state index in [9.17, 15) is 0 Å². The van der Waals surface area contributed by atoms with Crippen LogP contribution in [0.3, 0.4) is 0 Å². The van der Waals surface area contributed by atoms with Gasteiger partial charge in [0.2, 0.25) is 0 Å². The highest BCUT2D eigenvalue weighted by Crippen LogP contribution is 2.46. The minimum absolute atomic E-state index is 0.574. The highest BCUT2D eigenvalue weighted by Gasteiger charge is 2.24. The second-order valence-electron chi connectivity index (χ2n) is 33.6. The Morgan fingerprint density at radius 2 is 0.485 bits per heavy atom.